The Bertz CT molecular complexity index is 494. The van der Waals surface area contributed by atoms with E-state index in [1.165, 1.54) is 12.3 Å². The van der Waals surface area contributed by atoms with E-state index >= 15 is 0 Å². The van der Waals surface area contributed by atoms with Gasteiger partial charge in [-0.3, -0.25) is 0 Å². The van der Waals surface area contributed by atoms with Gasteiger partial charge in [-0.1, -0.05) is 29.8 Å². The molecule has 0 saturated heterocycles. The SMILES string of the molecule is CC(C)C(CCBr)NS(=O)(=O)c1ncccc1F. The van der Waals surface area contributed by atoms with E-state index in [2.05, 4.69) is 25.6 Å². The summed E-state index contributed by atoms with van der Waals surface area (Å²) in [5, 5.41) is 0.119. The molecule has 0 aliphatic heterocycles. The Hall–Kier alpha value is -0.530. The number of hydrogen-bond donors (Lipinski definition) is 1. The minimum absolute atomic E-state index is 0.115. The molecule has 1 aromatic rings. The first-order valence-electron chi connectivity index (χ1n) is 5.57. The highest BCUT2D eigenvalue weighted by Crippen LogP contribution is 2.14. The Morgan fingerprint density at radius 1 is 1.50 bits per heavy atom. The fraction of sp³-hybridized carbons (Fsp3) is 0.545. The second-order valence-corrected chi connectivity index (χ2v) is 6.66. The van der Waals surface area contributed by atoms with Crippen molar-refractivity contribution in [2.45, 2.75) is 31.3 Å². The van der Waals surface area contributed by atoms with Crippen LogP contribution in [0.1, 0.15) is 20.3 Å². The summed E-state index contributed by atoms with van der Waals surface area (Å²) in [6, 6.07) is 2.18. The van der Waals surface area contributed by atoms with Gasteiger partial charge in [0, 0.05) is 17.6 Å². The first kappa shape index (κ1) is 15.5. The van der Waals surface area contributed by atoms with Crippen molar-refractivity contribution in [3.8, 4) is 0 Å². The summed E-state index contributed by atoms with van der Waals surface area (Å²) in [6.07, 6.45) is 1.89. The third kappa shape index (κ3) is 4.00. The molecule has 0 saturated carbocycles. The Balaban J connectivity index is 2.97. The van der Waals surface area contributed by atoms with E-state index in [4.69, 9.17) is 0 Å². The van der Waals surface area contributed by atoms with Gasteiger partial charge in [-0.15, -0.1) is 0 Å². The van der Waals surface area contributed by atoms with Crippen LogP contribution >= 0.6 is 15.9 Å². The van der Waals surface area contributed by atoms with Gasteiger partial charge >= 0.3 is 0 Å². The molecule has 1 atom stereocenters. The summed E-state index contributed by atoms with van der Waals surface area (Å²) in [5.74, 6) is -0.726. The molecule has 4 nitrogen and oxygen atoms in total. The van der Waals surface area contributed by atoms with Crippen molar-refractivity contribution < 1.29 is 12.8 Å². The number of hydrogen-bond acceptors (Lipinski definition) is 3. The largest absolute Gasteiger partial charge is 0.261 e. The lowest BCUT2D eigenvalue weighted by Crippen LogP contribution is -2.39. The van der Waals surface area contributed by atoms with Gasteiger partial charge in [0.05, 0.1) is 0 Å². The van der Waals surface area contributed by atoms with E-state index in [1.54, 1.807) is 0 Å². The second kappa shape index (κ2) is 6.58. The van der Waals surface area contributed by atoms with Crippen molar-refractivity contribution in [2.24, 2.45) is 5.92 Å². The monoisotopic (exact) mass is 338 g/mol. The molecule has 1 heterocycles. The van der Waals surface area contributed by atoms with E-state index in [1.807, 2.05) is 13.8 Å². The van der Waals surface area contributed by atoms with Gasteiger partial charge in [-0.2, -0.15) is 0 Å². The maximum atomic E-state index is 13.4. The third-order valence-electron chi connectivity index (χ3n) is 2.51. The third-order valence-corrected chi connectivity index (χ3v) is 4.39. The Labute approximate surface area is 115 Å². The topological polar surface area (TPSA) is 59.1 Å². The van der Waals surface area contributed by atoms with Crippen LogP contribution in [0.5, 0.6) is 0 Å². The Kier molecular flexibility index (Phi) is 5.68. The van der Waals surface area contributed by atoms with Crippen LogP contribution in [0.25, 0.3) is 0 Å². The van der Waals surface area contributed by atoms with Crippen molar-refractivity contribution in [3.63, 3.8) is 0 Å². The molecular weight excluding hydrogens is 323 g/mol. The molecule has 7 heteroatoms. The number of sulfonamides is 1. The average molecular weight is 339 g/mol. The molecule has 1 unspecified atom stereocenters. The number of halogens is 2. The Morgan fingerprint density at radius 2 is 2.17 bits per heavy atom. The zero-order chi connectivity index (χ0) is 13.8. The van der Waals surface area contributed by atoms with Crippen molar-refractivity contribution in [1.82, 2.24) is 9.71 Å². The molecule has 1 rings (SSSR count). The van der Waals surface area contributed by atoms with Gasteiger partial charge in [-0.05, 0) is 24.5 Å². The van der Waals surface area contributed by atoms with E-state index in [-0.39, 0.29) is 12.0 Å². The van der Waals surface area contributed by atoms with E-state index in [0.717, 1.165) is 6.07 Å². The molecule has 1 aromatic heterocycles. The van der Waals surface area contributed by atoms with E-state index in [9.17, 15) is 12.8 Å². The summed E-state index contributed by atoms with van der Waals surface area (Å²) < 4.78 is 39.9. The molecule has 0 aromatic carbocycles. The lowest BCUT2D eigenvalue weighted by molar-refractivity contribution is 0.437. The van der Waals surface area contributed by atoms with Crippen LogP contribution in [-0.4, -0.2) is 24.8 Å². The maximum Gasteiger partial charge on any atom is 0.261 e. The van der Waals surface area contributed by atoms with Crippen LogP contribution in [0.15, 0.2) is 23.4 Å². The molecule has 0 bridgehead atoms. The van der Waals surface area contributed by atoms with Gasteiger partial charge in [0.25, 0.3) is 10.0 Å². The molecule has 0 radical (unpaired) electrons. The van der Waals surface area contributed by atoms with Crippen LogP contribution < -0.4 is 4.72 Å². The number of aromatic nitrogens is 1. The zero-order valence-corrected chi connectivity index (χ0v) is 12.6. The lowest BCUT2D eigenvalue weighted by Gasteiger charge is -2.21. The first-order valence-corrected chi connectivity index (χ1v) is 8.17. The molecule has 0 aliphatic rings. The molecule has 1 N–H and O–H groups in total. The van der Waals surface area contributed by atoms with E-state index < -0.39 is 20.9 Å². The lowest BCUT2D eigenvalue weighted by atomic mass is 10.0. The predicted molar refractivity (Wildman–Crippen MR) is 71.6 cm³/mol. The summed E-state index contributed by atoms with van der Waals surface area (Å²) in [6.45, 7) is 3.81. The fourth-order valence-electron chi connectivity index (χ4n) is 1.47. The number of nitrogens with one attached hydrogen (secondary N) is 1. The Morgan fingerprint density at radius 3 is 2.67 bits per heavy atom. The summed E-state index contributed by atoms with van der Waals surface area (Å²) >= 11 is 3.27. The van der Waals surface area contributed by atoms with Gasteiger partial charge in [0.1, 0.15) is 0 Å². The molecular formula is C11H16BrFN2O2S. The molecule has 102 valence electrons. The van der Waals surface area contributed by atoms with Gasteiger partial charge in [0.2, 0.25) is 5.03 Å². The molecule has 18 heavy (non-hydrogen) atoms. The molecule has 0 spiro atoms. The number of alkyl halides is 1. The predicted octanol–water partition coefficient (Wildman–Crippen LogP) is 2.31. The second-order valence-electron chi connectivity index (χ2n) is 4.24. The minimum atomic E-state index is -3.91. The maximum absolute atomic E-state index is 13.4. The zero-order valence-electron chi connectivity index (χ0n) is 10.2. The standard InChI is InChI=1S/C11H16BrFN2O2S/c1-8(2)10(5-6-12)15-18(16,17)11-9(13)4-3-7-14-11/h3-4,7-8,10,15H,5-6H2,1-2H3. The minimum Gasteiger partial charge on any atom is -0.241 e. The quantitative estimate of drug-likeness (QED) is 0.809. The molecule has 0 fully saturated rings. The van der Waals surface area contributed by atoms with Crippen molar-refractivity contribution in [2.75, 3.05) is 5.33 Å². The van der Waals surface area contributed by atoms with Gasteiger partial charge < -0.3 is 0 Å². The van der Waals surface area contributed by atoms with Crippen LogP contribution in [0, 0.1) is 11.7 Å². The number of pyridine rings is 1. The van der Waals surface area contributed by atoms with Crippen molar-refractivity contribution in [1.29, 1.82) is 0 Å². The summed E-state index contributed by atoms with van der Waals surface area (Å²) in [7, 11) is -3.91. The van der Waals surface area contributed by atoms with Crippen LogP contribution in [0.4, 0.5) is 4.39 Å². The number of nitrogens with zero attached hydrogens (tertiary/aromatic N) is 1. The average Bonchev–Trinajstić information content (AvgIpc) is 2.28. The highest BCUT2D eigenvalue weighted by atomic mass is 79.9. The van der Waals surface area contributed by atoms with Crippen molar-refractivity contribution >= 4 is 26.0 Å². The highest BCUT2D eigenvalue weighted by molar-refractivity contribution is 9.09. The fourth-order valence-corrected chi connectivity index (χ4v) is 3.39. The molecule has 0 aliphatic carbocycles. The summed E-state index contributed by atoms with van der Waals surface area (Å²) in [4.78, 5) is 3.59. The van der Waals surface area contributed by atoms with Crippen LogP contribution in [0.2, 0.25) is 0 Å². The van der Waals surface area contributed by atoms with Gasteiger partial charge in [-0.25, -0.2) is 22.5 Å². The van der Waals surface area contributed by atoms with E-state index in [0.29, 0.717) is 11.8 Å². The van der Waals surface area contributed by atoms with Crippen molar-refractivity contribution in [3.05, 3.63) is 24.1 Å². The molecule has 0 amide bonds. The first-order chi connectivity index (χ1) is 8.38. The number of rotatable bonds is 6. The van der Waals surface area contributed by atoms with Gasteiger partial charge in [0.15, 0.2) is 5.82 Å². The van der Waals surface area contributed by atoms with Crippen LogP contribution in [-0.2, 0) is 10.0 Å². The smallest absolute Gasteiger partial charge is 0.241 e. The summed E-state index contributed by atoms with van der Waals surface area (Å²) in [5.41, 5.74) is 0. The normalized spacial score (nSPS) is 13.8. The highest BCUT2D eigenvalue weighted by Gasteiger charge is 2.25. The van der Waals surface area contributed by atoms with Crippen LogP contribution in [0.3, 0.4) is 0 Å².